The third kappa shape index (κ3) is 3.31. The molecular weight excluding hydrogens is 318 g/mol. The van der Waals surface area contributed by atoms with Gasteiger partial charge in [0.05, 0.1) is 5.69 Å². The monoisotopic (exact) mass is 335 g/mol. The number of ketones is 1. The van der Waals surface area contributed by atoms with Crippen LogP contribution in [-0.2, 0) is 0 Å². The van der Waals surface area contributed by atoms with Crippen LogP contribution in [0.25, 0.3) is 22.4 Å². The Labute approximate surface area is 152 Å². The van der Waals surface area contributed by atoms with Crippen LogP contribution in [0.15, 0.2) is 103 Å². The van der Waals surface area contributed by atoms with Gasteiger partial charge in [-0.15, -0.1) is 0 Å². The normalized spacial score (nSPS) is 10.5. The standard InChI is InChI=1S/C24H17NO/c26-24(21-9-5-2-6-10-21)22-15-16-23(25-17-22)20-13-11-19(12-14-20)18-7-3-1-4-8-18/h1-17H. The van der Waals surface area contributed by atoms with Gasteiger partial charge >= 0.3 is 0 Å². The summed E-state index contributed by atoms with van der Waals surface area (Å²) < 4.78 is 0. The van der Waals surface area contributed by atoms with Crippen molar-refractivity contribution < 1.29 is 4.79 Å². The highest BCUT2D eigenvalue weighted by Crippen LogP contribution is 2.24. The van der Waals surface area contributed by atoms with Gasteiger partial charge in [-0.05, 0) is 23.3 Å². The Kier molecular flexibility index (Phi) is 4.40. The number of aromatic nitrogens is 1. The van der Waals surface area contributed by atoms with Crippen molar-refractivity contribution in [3.63, 3.8) is 0 Å². The van der Waals surface area contributed by atoms with E-state index in [4.69, 9.17) is 0 Å². The topological polar surface area (TPSA) is 30.0 Å². The predicted molar refractivity (Wildman–Crippen MR) is 105 cm³/mol. The van der Waals surface area contributed by atoms with Crippen molar-refractivity contribution in [3.8, 4) is 22.4 Å². The molecule has 4 aromatic rings. The maximum atomic E-state index is 12.5. The minimum Gasteiger partial charge on any atom is -0.289 e. The van der Waals surface area contributed by atoms with Crippen LogP contribution in [0, 0.1) is 0 Å². The quantitative estimate of drug-likeness (QED) is 0.451. The van der Waals surface area contributed by atoms with Crippen molar-refractivity contribution in [2.45, 2.75) is 0 Å². The molecule has 2 heteroatoms. The molecule has 3 aromatic carbocycles. The number of carbonyl (C=O) groups is 1. The molecule has 124 valence electrons. The SMILES string of the molecule is O=C(c1ccccc1)c1ccc(-c2ccc(-c3ccccc3)cc2)nc1. The zero-order chi connectivity index (χ0) is 17.8. The summed E-state index contributed by atoms with van der Waals surface area (Å²) in [5, 5.41) is 0. The first-order valence-corrected chi connectivity index (χ1v) is 8.53. The van der Waals surface area contributed by atoms with E-state index in [1.165, 1.54) is 11.1 Å². The molecule has 0 aliphatic carbocycles. The van der Waals surface area contributed by atoms with Crippen LogP contribution >= 0.6 is 0 Å². The number of pyridine rings is 1. The first kappa shape index (κ1) is 16.0. The smallest absolute Gasteiger partial charge is 0.194 e. The largest absolute Gasteiger partial charge is 0.289 e. The second-order valence-corrected chi connectivity index (χ2v) is 6.07. The minimum atomic E-state index is -0.0101. The van der Waals surface area contributed by atoms with E-state index >= 15 is 0 Å². The second kappa shape index (κ2) is 7.16. The van der Waals surface area contributed by atoms with Crippen LogP contribution in [0.3, 0.4) is 0 Å². The molecule has 0 N–H and O–H groups in total. The molecule has 1 aromatic heterocycles. The lowest BCUT2D eigenvalue weighted by Gasteiger charge is -2.06. The fourth-order valence-electron chi connectivity index (χ4n) is 2.92. The van der Waals surface area contributed by atoms with E-state index < -0.39 is 0 Å². The van der Waals surface area contributed by atoms with Crippen LogP contribution in [0.1, 0.15) is 15.9 Å². The molecule has 0 spiro atoms. The maximum Gasteiger partial charge on any atom is 0.194 e. The van der Waals surface area contributed by atoms with Crippen molar-refractivity contribution in [2.75, 3.05) is 0 Å². The van der Waals surface area contributed by atoms with Crippen LogP contribution in [0.2, 0.25) is 0 Å². The van der Waals surface area contributed by atoms with Crippen molar-refractivity contribution in [3.05, 3.63) is 114 Å². The molecule has 4 rings (SSSR count). The lowest BCUT2D eigenvalue weighted by molar-refractivity contribution is 0.103. The minimum absolute atomic E-state index is 0.0101. The zero-order valence-corrected chi connectivity index (χ0v) is 14.2. The molecule has 2 nitrogen and oxygen atoms in total. The van der Waals surface area contributed by atoms with E-state index in [9.17, 15) is 4.79 Å². The van der Waals surface area contributed by atoms with Gasteiger partial charge in [-0.1, -0.05) is 84.9 Å². The summed E-state index contributed by atoms with van der Waals surface area (Å²) in [5.41, 5.74) is 5.52. The summed E-state index contributed by atoms with van der Waals surface area (Å²) in [4.78, 5) is 16.9. The molecule has 0 unspecified atom stereocenters. The van der Waals surface area contributed by atoms with E-state index in [0.29, 0.717) is 11.1 Å². The molecule has 1 heterocycles. The van der Waals surface area contributed by atoms with Crippen molar-refractivity contribution >= 4 is 5.78 Å². The number of hydrogen-bond acceptors (Lipinski definition) is 2. The number of hydrogen-bond donors (Lipinski definition) is 0. The molecule has 0 bridgehead atoms. The highest BCUT2D eigenvalue weighted by atomic mass is 16.1. The molecule has 0 amide bonds. The van der Waals surface area contributed by atoms with Crippen LogP contribution in [0.5, 0.6) is 0 Å². The average molecular weight is 335 g/mol. The second-order valence-electron chi connectivity index (χ2n) is 6.07. The number of rotatable bonds is 4. The summed E-state index contributed by atoms with van der Waals surface area (Å²) in [6.45, 7) is 0. The van der Waals surface area contributed by atoms with E-state index in [0.717, 1.165) is 11.3 Å². The van der Waals surface area contributed by atoms with Gasteiger partial charge in [-0.3, -0.25) is 9.78 Å². The van der Waals surface area contributed by atoms with Crippen LogP contribution in [0.4, 0.5) is 0 Å². The summed E-state index contributed by atoms with van der Waals surface area (Å²) in [7, 11) is 0. The molecule has 26 heavy (non-hydrogen) atoms. The highest BCUT2D eigenvalue weighted by Gasteiger charge is 2.09. The summed E-state index contributed by atoms with van der Waals surface area (Å²) in [5.74, 6) is -0.0101. The Morgan fingerprint density at radius 1 is 0.538 bits per heavy atom. The van der Waals surface area contributed by atoms with Crippen molar-refractivity contribution in [1.82, 2.24) is 4.98 Å². The highest BCUT2D eigenvalue weighted by molar-refractivity contribution is 6.08. The van der Waals surface area contributed by atoms with Gasteiger partial charge in [-0.25, -0.2) is 0 Å². The number of carbonyl (C=O) groups excluding carboxylic acids is 1. The molecule has 0 saturated heterocycles. The van der Waals surface area contributed by atoms with Crippen molar-refractivity contribution in [2.24, 2.45) is 0 Å². The molecule has 0 saturated carbocycles. The first-order chi connectivity index (χ1) is 12.8. The average Bonchev–Trinajstić information content (AvgIpc) is 2.75. The predicted octanol–water partition coefficient (Wildman–Crippen LogP) is 5.65. The number of nitrogens with zero attached hydrogens (tertiary/aromatic N) is 1. The molecule has 0 fully saturated rings. The van der Waals surface area contributed by atoms with E-state index in [2.05, 4.69) is 41.4 Å². The summed E-state index contributed by atoms with van der Waals surface area (Å²) in [6.07, 6.45) is 1.65. The van der Waals surface area contributed by atoms with Crippen LogP contribution in [-0.4, -0.2) is 10.8 Å². The third-order valence-corrected chi connectivity index (χ3v) is 4.35. The summed E-state index contributed by atoms with van der Waals surface area (Å²) in [6, 6.07) is 31.6. The van der Waals surface area contributed by atoms with E-state index in [1.807, 2.05) is 60.7 Å². The summed E-state index contributed by atoms with van der Waals surface area (Å²) >= 11 is 0. The molecular formula is C24H17NO. The molecule has 0 aliphatic heterocycles. The lowest BCUT2D eigenvalue weighted by Crippen LogP contribution is -2.01. The molecule has 0 aliphatic rings. The van der Waals surface area contributed by atoms with Crippen molar-refractivity contribution in [1.29, 1.82) is 0 Å². The molecule has 0 radical (unpaired) electrons. The molecule has 0 atom stereocenters. The van der Waals surface area contributed by atoms with Gasteiger partial charge in [-0.2, -0.15) is 0 Å². The maximum absolute atomic E-state index is 12.5. The van der Waals surface area contributed by atoms with Gasteiger partial charge in [0.2, 0.25) is 0 Å². The Morgan fingerprint density at radius 2 is 1.12 bits per heavy atom. The van der Waals surface area contributed by atoms with Gasteiger partial charge in [0, 0.05) is 22.9 Å². The Bertz CT molecular complexity index is 1010. The van der Waals surface area contributed by atoms with E-state index in [-0.39, 0.29) is 5.78 Å². The van der Waals surface area contributed by atoms with E-state index in [1.54, 1.807) is 6.20 Å². The zero-order valence-electron chi connectivity index (χ0n) is 14.2. The number of benzene rings is 3. The third-order valence-electron chi connectivity index (χ3n) is 4.35. The first-order valence-electron chi connectivity index (χ1n) is 8.53. The van der Waals surface area contributed by atoms with Gasteiger partial charge < -0.3 is 0 Å². The Morgan fingerprint density at radius 3 is 1.73 bits per heavy atom. The Balaban J connectivity index is 1.56. The fourth-order valence-corrected chi connectivity index (χ4v) is 2.92. The fraction of sp³-hybridized carbons (Fsp3) is 0. The van der Waals surface area contributed by atoms with Crippen LogP contribution < -0.4 is 0 Å². The Hall–Kier alpha value is -3.52. The lowest BCUT2D eigenvalue weighted by atomic mass is 10.0. The van der Waals surface area contributed by atoms with Gasteiger partial charge in [0.15, 0.2) is 5.78 Å². The van der Waals surface area contributed by atoms with Gasteiger partial charge in [0.1, 0.15) is 0 Å². The van der Waals surface area contributed by atoms with Gasteiger partial charge in [0.25, 0.3) is 0 Å².